The largest absolute Gasteiger partial charge is 0.334 e. The second-order valence-electron chi connectivity index (χ2n) is 7.27. The minimum Gasteiger partial charge on any atom is -0.334 e. The Bertz CT molecular complexity index is 1000. The van der Waals surface area contributed by atoms with E-state index in [1.165, 1.54) is 16.9 Å². The molecule has 4 nitrogen and oxygen atoms in total. The van der Waals surface area contributed by atoms with Gasteiger partial charge in [0.2, 0.25) is 0 Å². The first-order chi connectivity index (χ1) is 13.9. The van der Waals surface area contributed by atoms with Crippen molar-refractivity contribution in [2.45, 2.75) is 49.9 Å². The standard InChI is InChI=1S/C22H25N3OS3/c1-15(2)24(16(3)4)20(26)18-10-12-19(13-11-18)25-22(27)29-21(23-25)28-14-17-8-6-5-7-9-17/h5-13,15-16H,14H2,1-4H3. The quantitative estimate of drug-likeness (QED) is 0.321. The van der Waals surface area contributed by atoms with Crippen molar-refractivity contribution in [3.8, 4) is 5.69 Å². The van der Waals surface area contributed by atoms with Gasteiger partial charge in [-0.3, -0.25) is 4.79 Å². The normalized spacial score (nSPS) is 11.2. The third kappa shape index (κ3) is 5.35. The summed E-state index contributed by atoms with van der Waals surface area (Å²) < 4.78 is 3.40. The number of amides is 1. The molecule has 0 radical (unpaired) electrons. The van der Waals surface area contributed by atoms with Gasteiger partial charge in [0.15, 0.2) is 8.29 Å². The third-order valence-electron chi connectivity index (χ3n) is 4.44. The Morgan fingerprint density at radius 1 is 1.07 bits per heavy atom. The molecule has 0 aliphatic carbocycles. The Morgan fingerprint density at radius 3 is 2.28 bits per heavy atom. The predicted molar refractivity (Wildman–Crippen MR) is 125 cm³/mol. The molecule has 0 saturated carbocycles. The van der Waals surface area contributed by atoms with Gasteiger partial charge in [-0.2, -0.15) is 0 Å². The Morgan fingerprint density at radius 2 is 1.69 bits per heavy atom. The van der Waals surface area contributed by atoms with E-state index in [-0.39, 0.29) is 18.0 Å². The van der Waals surface area contributed by atoms with E-state index >= 15 is 0 Å². The monoisotopic (exact) mass is 443 g/mol. The van der Waals surface area contributed by atoms with Crippen LogP contribution in [0.3, 0.4) is 0 Å². The van der Waals surface area contributed by atoms with Crippen LogP contribution in [0.2, 0.25) is 0 Å². The molecule has 0 aliphatic heterocycles. The fraction of sp³-hybridized carbons (Fsp3) is 0.318. The molecule has 0 spiro atoms. The van der Waals surface area contributed by atoms with Crippen molar-refractivity contribution in [2.75, 3.05) is 0 Å². The molecule has 0 N–H and O–H groups in total. The molecule has 1 aromatic heterocycles. The Labute approximate surface area is 185 Å². The van der Waals surface area contributed by atoms with Crippen molar-refractivity contribution in [2.24, 2.45) is 0 Å². The van der Waals surface area contributed by atoms with E-state index in [9.17, 15) is 4.79 Å². The summed E-state index contributed by atoms with van der Waals surface area (Å²) in [5, 5.41) is 4.66. The van der Waals surface area contributed by atoms with E-state index < -0.39 is 0 Å². The van der Waals surface area contributed by atoms with Crippen molar-refractivity contribution in [3.05, 3.63) is 69.7 Å². The summed E-state index contributed by atoms with van der Waals surface area (Å²) in [5.74, 6) is 0.902. The molecule has 0 unspecified atom stereocenters. The molecule has 1 heterocycles. The lowest BCUT2D eigenvalue weighted by molar-refractivity contribution is 0.0643. The molecule has 0 fully saturated rings. The van der Waals surface area contributed by atoms with Gasteiger partial charge in [-0.05, 0) is 69.7 Å². The number of rotatable bonds is 7. The Hall–Kier alpha value is -1.96. The van der Waals surface area contributed by atoms with Crippen molar-refractivity contribution >= 4 is 41.2 Å². The van der Waals surface area contributed by atoms with Gasteiger partial charge in [-0.1, -0.05) is 53.4 Å². The van der Waals surface area contributed by atoms with E-state index in [1.807, 2.05) is 75.1 Å². The lowest BCUT2D eigenvalue weighted by Crippen LogP contribution is -2.42. The number of carbonyl (C=O) groups excluding carboxylic acids is 1. The van der Waals surface area contributed by atoms with E-state index in [4.69, 9.17) is 12.2 Å². The number of hydrogen-bond acceptors (Lipinski definition) is 5. The molecular weight excluding hydrogens is 418 g/mol. The zero-order valence-electron chi connectivity index (χ0n) is 17.0. The first kappa shape index (κ1) is 21.7. The average Bonchev–Trinajstić information content (AvgIpc) is 3.07. The van der Waals surface area contributed by atoms with Gasteiger partial charge >= 0.3 is 0 Å². The van der Waals surface area contributed by atoms with E-state index in [2.05, 4.69) is 17.2 Å². The Balaban J connectivity index is 1.75. The highest BCUT2D eigenvalue weighted by Gasteiger charge is 2.21. The van der Waals surface area contributed by atoms with Crippen molar-refractivity contribution in [1.29, 1.82) is 0 Å². The molecule has 0 saturated heterocycles. The van der Waals surface area contributed by atoms with Crippen LogP contribution in [0.1, 0.15) is 43.6 Å². The second kappa shape index (κ2) is 9.69. The van der Waals surface area contributed by atoms with Crippen molar-refractivity contribution in [3.63, 3.8) is 0 Å². The van der Waals surface area contributed by atoms with Crippen LogP contribution >= 0.6 is 35.3 Å². The molecule has 2 aromatic carbocycles. The number of hydrogen-bond donors (Lipinski definition) is 0. The summed E-state index contributed by atoms with van der Waals surface area (Å²) in [6, 6.07) is 18.1. The van der Waals surface area contributed by atoms with Crippen LogP contribution < -0.4 is 0 Å². The van der Waals surface area contributed by atoms with Crippen LogP contribution in [0.4, 0.5) is 0 Å². The molecule has 0 atom stereocenters. The van der Waals surface area contributed by atoms with Gasteiger partial charge in [0.05, 0.1) is 5.69 Å². The summed E-state index contributed by atoms with van der Waals surface area (Å²) in [4.78, 5) is 14.7. The zero-order chi connectivity index (χ0) is 21.0. The smallest absolute Gasteiger partial charge is 0.254 e. The number of thioether (sulfide) groups is 1. The predicted octanol–water partition coefficient (Wildman–Crippen LogP) is 6.21. The highest BCUT2D eigenvalue weighted by molar-refractivity contribution is 8.00. The fourth-order valence-corrected chi connectivity index (χ4v) is 5.48. The summed E-state index contributed by atoms with van der Waals surface area (Å²) in [6.07, 6.45) is 0. The van der Waals surface area contributed by atoms with E-state index in [0.29, 0.717) is 9.52 Å². The van der Waals surface area contributed by atoms with Crippen LogP contribution in [0, 0.1) is 3.95 Å². The second-order valence-corrected chi connectivity index (χ2v) is 10.1. The van der Waals surface area contributed by atoms with Crippen LogP contribution in [-0.2, 0) is 5.75 Å². The average molecular weight is 444 g/mol. The first-order valence-electron chi connectivity index (χ1n) is 9.57. The lowest BCUT2D eigenvalue weighted by Gasteiger charge is -2.30. The molecule has 1 amide bonds. The molecule has 0 bridgehead atoms. The summed E-state index contributed by atoms with van der Waals surface area (Å²) in [6.45, 7) is 8.15. The third-order valence-corrected chi connectivity index (χ3v) is 6.88. The van der Waals surface area contributed by atoms with Gasteiger partial charge < -0.3 is 4.90 Å². The maximum Gasteiger partial charge on any atom is 0.254 e. The molecule has 7 heteroatoms. The maximum absolute atomic E-state index is 12.8. The highest BCUT2D eigenvalue weighted by Crippen LogP contribution is 2.27. The van der Waals surface area contributed by atoms with Crippen LogP contribution in [-0.4, -0.2) is 32.7 Å². The summed E-state index contributed by atoms with van der Waals surface area (Å²) >= 11 is 8.70. The molecule has 0 aliphatic rings. The van der Waals surface area contributed by atoms with E-state index in [0.717, 1.165) is 15.8 Å². The highest BCUT2D eigenvalue weighted by atomic mass is 32.2. The van der Waals surface area contributed by atoms with Crippen LogP contribution in [0.25, 0.3) is 5.69 Å². The number of aromatic nitrogens is 2. The zero-order valence-corrected chi connectivity index (χ0v) is 19.5. The van der Waals surface area contributed by atoms with Gasteiger partial charge in [-0.25, -0.2) is 4.68 Å². The molecule has 3 rings (SSSR count). The first-order valence-corrected chi connectivity index (χ1v) is 11.8. The van der Waals surface area contributed by atoms with Crippen LogP contribution in [0.15, 0.2) is 58.9 Å². The topological polar surface area (TPSA) is 38.1 Å². The van der Waals surface area contributed by atoms with Gasteiger partial charge in [0.25, 0.3) is 5.91 Å². The van der Waals surface area contributed by atoms with Gasteiger partial charge in [0, 0.05) is 23.4 Å². The van der Waals surface area contributed by atoms with Crippen molar-refractivity contribution < 1.29 is 4.79 Å². The summed E-state index contributed by atoms with van der Waals surface area (Å²) in [7, 11) is 0. The van der Waals surface area contributed by atoms with Crippen LogP contribution in [0.5, 0.6) is 0 Å². The Kier molecular flexibility index (Phi) is 7.27. The molecule has 3 aromatic rings. The molecule has 29 heavy (non-hydrogen) atoms. The number of carbonyl (C=O) groups is 1. The fourth-order valence-electron chi connectivity index (χ4n) is 3.16. The SMILES string of the molecule is CC(C)N(C(=O)c1ccc(-n2nc(SCc3ccccc3)sc2=S)cc1)C(C)C. The molecule has 152 valence electrons. The molecular formula is C22H25N3OS3. The van der Waals surface area contributed by atoms with Crippen molar-refractivity contribution in [1.82, 2.24) is 14.7 Å². The number of nitrogens with zero attached hydrogens (tertiary/aromatic N) is 3. The number of benzene rings is 2. The van der Waals surface area contributed by atoms with E-state index in [1.54, 1.807) is 16.4 Å². The lowest BCUT2D eigenvalue weighted by atomic mass is 10.1. The minimum atomic E-state index is 0.0440. The summed E-state index contributed by atoms with van der Waals surface area (Å²) in [5.41, 5.74) is 2.81. The minimum absolute atomic E-state index is 0.0440. The maximum atomic E-state index is 12.8. The van der Waals surface area contributed by atoms with Gasteiger partial charge in [-0.15, -0.1) is 5.10 Å². The van der Waals surface area contributed by atoms with Gasteiger partial charge in [0.1, 0.15) is 0 Å².